The Balaban J connectivity index is 0.983. The van der Waals surface area contributed by atoms with Gasteiger partial charge in [-0.05, 0) is 139 Å². The van der Waals surface area contributed by atoms with Crippen LogP contribution in [0.1, 0.15) is 146 Å². The highest BCUT2D eigenvalue weighted by Gasteiger charge is 2.36. The number of hydrogen-bond donors (Lipinski definition) is 0. The van der Waals surface area contributed by atoms with Gasteiger partial charge < -0.3 is 9.47 Å². The molecule has 1 aliphatic carbocycles. The van der Waals surface area contributed by atoms with E-state index in [0.717, 1.165) is 61.9 Å². The lowest BCUT2D eigenvalue weighted by Crippen LogP contribution is -2.24. The van der Waals surface area contributed by atoms with E-state index in [-0.39, 0.29) is 46.1 Å². The molecule has 7 rings (SSSR count). The Morgan fingerprint density at radius 3 is 1.17 bits per heavy atom. The van der Waals surface area contributed by atoms with Gasteiger partial charge in [0.05, 0.1) is 0 Å². The van der Waals surface area contributed by atoms with Crippen LogP contribution in [0.2, 0.25) is 0 Å². The standard InChI is InChI=1S/C54H48F8O4/c1-7-53(3,4)35-21-13-31(14-22-35)29-9-11-30(12-10-29)32-15-23-38(24-16-32)66-52-48(61)44(57)40(45(58)49(52)62)51(64)34-19-27-37(28-20-34)65-36-25-17-33(18-26-36)50(63)39-42(55)46(59)41(47(60)43(39)56)54(5,6)8-2/h13-30H,7-12H2,1-6H3. The van der Waals surface area contributed by atoms with Crippen LogP contribution in [0.3, 0.4) is 0 Å². The Labute approximate surface area is 378 Å². The lowest BCUT2D eigenvalue weighted by Gasteiger charge is -2.30. The molecule has 0 bridgehead atoms. The van der Waals surface area contributed by atoms with Crippen LogP contribution in [0.15, 0.2) is 97.1 Å². The molecule has 66 heavy (non-hydrogen) atoms. The molecule has 4 nitrogen and oxygen atoms in total. The van der Waals surface area contributed by atoms with Crippen LogP contribution in [-0.2, 0) is 10.8 Å². The molecule has 0 heterocycles. The van der Waals surface area contributed by atoms with E-state index in [4.69, 9.17) is 9.47 Å². The van der Waals surface area contributed by atoms with Crippen molar-refractivity contribution >= 4 is 11.6 Å². The first kappa shape index (κ1) is 47.7. The van der Waals surface area contributed by atoms with Gasteiger partial charge in [0.25, 0.3) is 0 Å². The Morgan fingerprint density at radius 1 is 0.455 bits per heavy atom. The minimum Gasteiger partial charge on any atom is -0.457 e. The van der Waals surface area contributed by atoms with E-state index in [9.17, 15) is 18.4 Å². The van der Waals surface area contributed by atoms with E-state index >= 15 is 26.3 Å². The topological polar surface area (TPSA) is 52.6 Å². The lowest BCUT2D eigenvalue weighted by atomic mass is 9.75. The first-order chi connectivity index (χ1) is 31.3. The van der Waals surface area contributed by atoms with Crippen molar-refractivity contribution < 1.29 is 54.2 Å². The minimum atomic E-state index is -1.95. The quantitative estimate of drug-likeness (QED) is 0.0621. The third-order valence-corrected chi connectivity index (χ3v) is 13.3. The molecule has 0 aromatic heterocycles. The van der Waals surface area contributed by atoms with Crippen molar-refractivity contribution in [2.24, 2.45) is 0 Å². The fraction of sp³-hybridized carbons (Fsp3) is 0.296. The zero-order chi connectivity index (χ0) is 47.8. The normalized spacial score (nSPS) is 15.4. The van der Waals surface area contributed by atoms with Gasteiger partial charge in [0, 0.05) is 16.7 Å². The van der Waals surface area contributed by atoms with E-state index in [1.165, 1.54) is 61.4 Å². The predicted octanol–water partition coefficient (Wildman–Crippen LogP) is 15.7. The number of benzene rings is 6. The molecule has 0 aliphatic heterocycles. The van der Waals surface area contributed by atoms with Gasteiger partial charge in [-0.15, -0.1) is 0 Å². The molecule has 12 heteroatoms. The maximum Gasteiger partial charge on any atom is 0.205 e. The van der Waals surface area contributed by atoms with Gasteiger partial charge in [0.15, 0.2) is 46.5 Å². The summed E-state index contributed by atoms with van der Waals surface area (Å²) in [5.74, 6) is -18.0. The molecule has 0 spiro atoms. The van der Waals surface area contributed by atoms with Crippen molar-refractivity contribution in [2.45, 2.75) is 103 Å². The fourth-order valence-electron chi connectivity index (χ4n) is 8.37. The maximum absolute atomic E-state index is 15.4. The van der Waals surface area contributed by atoms with Crippen LogP contribution >= 0.6 is 0 Å². The molecule has 1 fully saturated rings. The van der Waals surface area contributed by atoms with E-state index in [2.05, 4.69) is 45.0 Å². The average molecular weight is 913 g/mol. The second-order valence-corrected chi connectivity index (χ2v) is 18.1. The van der Waals surface area contributed by atoms with Crippen LogP contribution in [0.4, 0.5) is 35.1 Å². The molecule has 0 N–H and O–H groups in total. The number of hydrogen-bond acceptors (Lipinski definition) is 4. The fourth-order valence-corrected chi connectivity index (χ4v) is 8.37. The summed E-state index contributed by atoms with van der Waals surface area (Å²) in [6.07, 6.45) is 5.07. The van der Waals surface area contributed by atoms with E-state index < -0.39 is 86.0 Å². The van der Waals surface area contributed by atoms with Crippen molar-refractivity contribution in [2.75, 3.05) is 0 Å². The van der Waals surface area contributed by atoms with Crippen LogP contribution in [0, 0.1) is 46.5 Å². The molecule has 0 radical (unpaired) electrons. The van der Waals surface area contributed by atoms with E-state index in [1.807, 2.05) is 0 Å². The Hall–Kier alpha value is -6.30. The highest BCUT2D eigenvalue weighted by Crippen LogP contribution is 2.43. The zero-order valence-electron chi connectivity index (χ0n) is 37.3. The zero-order valence-corrected chi connectivity index (χ0v) is 37.3. The average Bonchev–Trinajstić information content (AvgIpc) is 3.32. The van der Waals surface area contributed by atoms with Crippen LogP contribution in [0.25, 0.3) is 0 Å². The molecule has 344 valence electrons. The van der Waals surface area contributed by atoms with E-state index in [0.29, 0.717) is 5.92 Å². The lowest BCUT2D eigenvalue weighted by molar-refractivity contribution is 0.102. The molecular formula is C54H48F8O4. The second kappa shape index (κ2) is 18.9. The van der Waals surface area contributed by atoms with Crippen molar-refractivity contribution in [3.63, 3.8) is 0 Å². The van der Waals surface area contributed by atoms with Crippen molar-refractivity contribution in [3.8, 4) is 23.0 Å². The van der Waals surface area contributed by atoms with Gasteiger partial charge in [0.2, 0.25) is 17.4 Å². The van der Waals surface area contributed by atoms with Crippen LogP contribution < -0.4 is 9.47 Å². The third-order valence-electron chi connectivity index (χ3n) is 13.3. The first-order valence-corrected chi connectivity index (χ1v) is 21.9. The Kier molecular flexibility index (Phi) is 13.6. The number of halogens is 8. The van der Waals surface area contributed by atoms with Crippen molar-refractivity contribution in [3.05, 3.63) is 188 Å². The smallest absolute Gasteiger partial charge is 0.205 e. The highest BCUT2D eigenvalue weighted by atomic mass is 19.2. The molecule has 6 aromatic carbocycles. The summed E-state index contributed by atoms with van der Waals surface area (Å²) in [5, 5.41) is 0. The largest absolute Gasteiger partial charge is 0.457 e. The van der Waals surface area contributed by atoms with Crippen molar-refractivity contribution in [1.82, 2.24) is 0 Å². The summed E-state index contributed by atoms with van der Waals surface area (Å²) in [4.78, 5) is 26.3. The predicted molar refractivity (Wildman–Crippen MR) is 236 cm³/mol. The summed E-state index contributed by atoms with van der Waals surface area (Å²) in [6, 6.07) is 24.6. The van der Waals surface area contributed by atoms with Gasteiger partial charge >= 0.3 is 0 Å². The van der Waals surface area contributed by atoms with Gasteiger partial charge in [-0.2, -0.15) is 8.78 Å². The first-order valence-electron chi connectivity index (χ1n) is 21.9. The van der Waals surface area contributed by atoms with Gasteiger partial charge in [0.1, 0.15) is 28.4 Å². The minimum absolute atomic E-state index is 0.0546. The molecule has 0 saturated heterocycles. The molecule has 0 unspecified atom stereocenters. The molecule has 0 atom stereocenters. The maximum atomic E-state index is 15.4. The van der Waals surface area contributed by atoms with Gasteiger partial charge in [-0.3, -0.25) is 9.59 Å². The summed E-state index contributed by atoms with van der Waals surface area (Å²) >= 11 is 0. The van der Waals surface area contributed by atoms with Crippen molar-refractivity contribution in [1.29, 1.82) is 0 Å². The van der Waals surface area contributed by atoms with Gasteiger partial charge in [-0.1, -0.05) is 77.9 Å². The number of rotatable bonds is 14. The highest BCUT2D eigenvalue weighted by molar-refractivity contribution is 6.10. The molecule has 1 saturated carbocycles. The monoisotopic (exact) mass is 912 g/mol. The molecule has 0 amide bonds. The van der Waals surface area contributed by atoms with E-state index in [1.54, 1.807) is 19.1 Å². The summed E-state index contributed by atoms with van der Waals surface area (Å²) in [6.45, 7) is 11.1. The summed E-state index contributed by atoms with van der Waals surface area (Å²) in [5.41, 5.74) is -1.86. The summed E-state index contributed by atoms with van der Waals surface area (Å²) in [7, 11) is 0. The molecular weight excluding hydrogens is 865 g/mol. The van der Waals surface area contributed by atoms with Crippen LogP contribution in [0.5, 0.6) is 23.0 Å². The summed E-state index contributed by atoms with van der Waals surface area (Å²) < 4.78 is 133. The molecule has 6 aromatic rings. The Morgan fingerprint density at radius 2 is 0.788 bits per heavy atom. The number of carbonyl (C=O) groups excluding carboxylic acids is 2. The third kappa shape index (κ3) is 9.24. The number of carbonyl (C=O) groups is 2. The Bertz CT molecular complexity index is 2720. The number of ketones is 2. The second-order valence-electron chi connectivity index (χ2n) is 18.1. The van der Waals surface area contributed by atoms with Crippen LogP contribution in [-0.4, -0.2) is 11.6 Å². The molecule has 1 aliphatic rings. The number of ether oxygens (including phenoxy) is 2. The SMILES string of the molecule is CCC(C)(C)c1ccc(C2CCC(c3ccc(Oc4c(F)c(F)c(C(=O)c5ccc(Oc6ccc(C(=O)c7c(F)c(F)c(C(C)(C)CC)c(F)c7F)cc6)cc5)c(F)c4F)cc3)CC2)cc1. The van der Waals surface area contributed by atoms with Gasteiger partial charge in [-0.25, -0.2) is 26.3 Å².